The van der Waals surface area contributed by atoms with E-state index in [1.165, 1.54) is 6.42 Å². The molecular weight excluding hydrogens is 216 g/mol. The van der Waals surface area contributed by atoms with E-state index in [0.29, 0.717) is 12.5 Å². The minimum atomic E-state index is -0.223. The lowest BCUT2D eigenvalue weighted by molar-refractivity contribution is -0.146. The van der Waals surface area contributed by atoms with Crippen LogP contribution < -0.4 is 5.32 Å². The number of nitrogens with one attached hydrogen (secondary N) is 1. The van der Waals surface area contributed by atoms with E-state index in [1.54, 1.807) is 7.05 Å². The first-order chi connectivity index (χ1) is 8.08. The maximum absolute atomic E-state index is 11.7. The molecule has 0 rings (SSSR count). The molecule has 0 spiro atoms. The summed E-state index contributed by atoms with van der Waals surface area (Å²) >= 11 is 0. The first-order valence-electron chi connectivity index (χ1n) is 6.65. The highest BCUT2D eigenvalue weighted by Crippen LogP contribution is 2.05. The zero-order valence-electron chi connectivity index (χ0n) is 12.0. The van der Waals surface area contributed by atoms with Gasteiger partial charge in [0.1, 0.15) is 6.04 Å². The average molecular weight is 244 g/mol. The van der Waals surface area contributed by atoms with Crippen LogP contribution >= 0.6 is 0 Å². The van der Waals surface area contributed by atoms with Gasteiger partial charge in [-0.25, -0.2) is 0 Å². The van der Waals surface area contributed by atoms with Crippen LogP contribution in [0.1, 0.15) is 34.1 Å². The number of esters is 1. The van der Waals surface area contributed by atoms with Crippen molar-refractivity contribution in [1.29, 1.82) is 0 Å². The van der Waals surface area contributed by atoms with Gasteiger partial charge < -0.3 is 15.0 Å². The van der Waals surface area contributed by atoms with Crippen molar-refractivity contribution in [3.05, 3.63) is 0 Å². The Morgan fingerprint density at radius 1 is 1.29 bits per heavy atom. The fraction of sp³-hybridized carbons (Fsp3) is 0.923. The highest BCUT2D eigenvalue weighted by Gasteiger charge is 2.21. The summed E-state index contributed by atoms with van der Waals surface area (Å²) in [6.45, 7) is 11.5. The monoisotopic (exact) mass is 244 g/mol. The van der Waals surface area contributed by atoms with Gasteiger partial charge in [0.2, 0.25) is 0 Å². The molecule has 0 heterocycles. The summed E-state index contributed by atoms with van der Waals surface area (Å²) in [5.74, 6) is 0.507. The molecule has 0 fully saturated rings. The van der Waals surface area contributed by atoms with Gasteiger partial charge in [-0.2, -0.15) is 0 Å². The first kappa shape index (κ1) is 16.4. The molecule has 0 saturated carbocycles. The van der Waals surface area contributed by atoms with E-state index in [1.807, 2.05) is 6.92 Å². The van der Waals surface area contributed by atoms with Crippen molar-refractivity contribution in [3.8, 4) is 0 Å². The quantitative estimate of drug-likeness (QED) is 0.624. The van der Waals surface area contributed by atoms with E-state index < -0.39 is 0 Å². The topological polar surface area (TPSA) is 41.6 Å². The van der Waals surface area contributed by atoms with Gasteiger partial charge in [0.15, 0.2) is 0 Å². The average Bonchev–Trinajstić information content (AvgIpc) is 2.34. The second kappa shape index (κ2) is 9.42. The van der Waals surface area contributed by atoms with Crippen LogP contribution in [0.15, 0.2) is 0 Å². The Kier molecular flexibility index (Phi) is 9.09. The van der Waals surface area contributed by atoms with Crippen molar-refractivity contribution >= 4 is 5.97 Å². The predicted molar refractivity (Wildman–Crippen MR) is 71.0 cm³/mol. The van der Waals surface area contributed by atoms with Gasteiger partial charge in [-0.15, -0.1) is 0 Å². The van der Waals surface area contributed by atoms with Crippen molar-refractivity contribution in [2.24, 2.45) is 5.92 Å². The lowest BCUT2D eigenvalue weighted by Gasteiger charge is -2.27. The third-order valence-electron chi connectivity index (χ3n) is 3.07. The molecule has 0 aliphatic rings. The van der Waals surface area contributed by atoms with Gasteiger partial charge in [0, 0.05) is 13.1 Å². The van der Waals surface area contributed by atoms with Crippen LogP contribution in [0.5, 0.6) is 0 Å². The van der Waals surface area contributed by atoms with E-state index in [9.17, 15) is 4.79 Å². The van der Waals surface area contributed by atoms with Crippen LogP contribution in [0, 0.1) is 5.92 Å². The van der Waals surface area contributed by atoms with Crippen molar-refractivity contribution in [1.82, 2.24) is 10.2 Å². The Morgan fingerprint density at radius 2 is 1.94 bits per heavy atom. The predicted octanol–water partition coefficient (Wildman–Crippen LogP) is 1.51. The van der Waals surface area contributed by atoms with Gasteiger partial charge in [0.05, 0.1) is 6.61 Å². The van der Waals surface area contributed by atoms with Gasteiger partial charge in [-0.05, 0) is 26.4 Å². The molecule has 0 bridgehead atoms. The van der Waals surface area contributed by atoms with Crippen LogP contribution in [-0.2, 0) is 9.53 Å². The molecule has 0 saturated heterocycles. The molecule has 0 aliphatic heterocycles. The van der Waals surface area contributed by atoms with Crippen molar-refractivity contribution in [2.75, 3.05) is 33.3 Å². The number of likely N-dealkylation sites (N-methyl/N-ethyl adjacent to an activating group) is 2. The maximum Gasteiger partial charge on any atom is 0.324 e. The van der Waals surface area contributed by atoms with Crippen LogP contribution in [0.25, 0.3) is 0 Å². The van der Waals surface area contributed by atoms with Crippen LogP contribution in [0.2, 0.25) is 0 Å². The van der Waals surface area contributed by atoms with Gasteiger partial charge in [-0.1, -0.05) is 27.2 Å². The third kappa shape index (κ3) is 6.64. The summed E-state index contributed by atoms with van der Waals surface area (Å²) in [5.41, 5.74) is 0. The fourth-order valence-electron chi connectivity index (χ4n) is 1.69. The molecule has 17 heavy (non-hydrogen) atoms. The molecule has 0 amide bonds. The Balaban J connectivity index is 4.25. The number of carbonyl (C=O) groups is 1. The molecule has 102 valence electrons. The van der Waals surface area contributed by atoms with Crippen molar-refractivity contribution < 1.29 is 9.53 Å². The zero-order chi connectivity index (χ0) is 13.3. The molecule has 0 radical (unpaired) electrons. The summed E-state index contributed by atoms with van der Waals surface area (Å²) in [6, 6.07) is -0.223. The lowest BCUT2D eigenvalue weighted by atomic mass is 10.1. The van der Waals surface area contributed by atoms with Crippen molar-refractivity contribution in [2.45, 2.75) is 40.2 Å². The molecule has 0 aromatic carbocycles. The number of carbonyl (C=O) groups excluding carboxylic acids is 1. The molecular formula is C13H28N2O2. The number of rotatable bonds is 9. The lowest BCUT2D eigenvalue weighted by Crippen LogP contribution is -2.46. The van der Waals surface area contributed by atoms with Crippen LogP contribution in [0.4, 0.5) is 0 Å². The molecule has 0 aliphatic carbocycles. The third-order valence-corrected chi connectivity index (χ3v) is 3.07. The van der Waals surface area contributed by atoms with Gasteiger partial charge >= 0.3 is 5.97 Å². The van der Waals surface area contributed by atoms with E-state index in [-0.39, 0.29) is 12.0 Å². The summed E-state index contributed by atoms with van der Waals surface area (Å²) < 4.78 is 5.04. The molecule has 0 aromatic heterocycles. The minimum absolute atomic E-state index is 0.155. The smallest absolute Gasteiger partial charge is 0.324 e. The number of hydrogen-bond donors (Lipinski definition) is 1. The standard InChI is InChI=1S/C13H28N2O2/c1-6-11(4)9-15(7-2)10-12(14-5)13(16)17-8-3/h11-12,14H,6-10H2,1-5H3. The Bertz CT molecular complexity index is 210. The molecule has 4 nitrogen and oxygen atoms in total. The Morgan fingerprint density at radius 3 is 2.35 bits per heavy atom. The van der Waals surface area contributed by atoms with Crippen LogP contribution in [-0.4, -0.2) is 50.2 Å². The molecule has 0 aromatic rings. The second-order valence-electron chi connectivity index (χ2n) is 4.46. The molecule has 2 atom stereocenters. The van der Waals surface area contributed by atoms with E-state index in [2.05, 4.69) is 31.0 Å². The largest absolute Gasteiger partial charge is 0.465 e. The highest BCUT2D eigenvalue weighted by atomic mass is 16.5. The number of hydrogen-bond acceptors (Lipinski definition) is 4. The highest BCUT2D eigenvalue weighted by molar-refractivity contribution is 5.76. The van der Waals surface area contributed by atoms with E-state index in [4.69, 9.17) is 4.74 Å². The first-order valence-corrected chi connectivity index (χ1v) is 6.65. The zero-order valence-corrected chi connectivity index (χ0v) is 12.0. The van der Waals surface area contributed by atoms with Gasteiger partial charge in [-0.3, -0.25) is 4.79 Å². The molecule has 1 N–H and O–H groups in total. The molecule has 4 heteroatoms. The number of ether oxygens (including phenoxy) is 1. The summed E-state index contributed by atoms with van der Waals surface area (Å²) in [5, 5.41) is 3.03. The Labute approximate surface area is 106 Å². The molecule has 2 unspecified atom stereocenters. The summed E-state index contributed by atoms with van der Waals surface area (Å²) in [6.07, 6.45) is 1.17. The normalized spacial score (nSPS) is 14.7. The fourth-order valence-corrected chi connectivity index (χ4v) is 1.69. The van der Waals surface area contributed by atoms with Crippen LogP contribution in [0.3, 0.4) is 0 Å². The number of nitrogens with zero attached hydrogens (tertiary/aromatic N) is 1. The SMILES string of the molecule is CCOC(=O)C(CN(CC)CC(C)CC)NC. The van der Waals surface area contributed by atoms with E-state index >= 15 is 0 Å². The summed E-state index contributed by atoms with van der Waals surface area (Å²) in [4.78, 5) is 14.0. The van der Waals surface area contributed by atoms with E-state index in [0.717, 1.165) is 19.6 Å². The van der Waals surface area contributed by atoms with Crippen molar-refractivity contribution in [3.63, 3.8) is 0 Å². The second-order valence-corrected chi connectivity index (χ2v) is 4.46. The van der Waals surface area contributed by atoms with Gasteiger partial charge in [0.25, 0.3) is 0 Å². The maximum atomic E-state index is 11.7. The minimum Gasteiger partial charge on any atom is -0.465 e. The Hall–Kier alpha value is -0.610. The summed E-state index contributed by atoms with van der Waals surface area (Å²) in [7, 11) is 1.80.